The van der Waals surface area contributed by atoms with Gasteiger partial charge in [-0.1, -0.05) is 6.07 Å². The average Bonchev–Trinajstić information content (AvgIpc) is 3.19. The fourth-order valence-corrected chi connectivity index (χ4v) is 3.84. The topological polar surface area (TPSA) is 59.0 Å². The number of nitrogens with zero attached hydrogens (tertiary/aromatic N) is 2. The Morgan fingerprint density at radius 1 is 1.50 bits per heavy atom. The summed E-state index contributed by atoms with van der Waals surface area (Å²) in [6.07, 6.45) is 3.87. The molecule has 1 saturated heterocycles. The summed E-state index contributed by atoms with van der Waals surface area (Å²) >= 11 is 1.67. The molecule has 0 radical (unpaired) electrons. The zero-order chi connectivity index (χ0) is 15.7. The second-order valence-electron chi connectivity index (χ2n) is 6.41. The number of rotatable bonds is 4. The third-order valence-corrected chi connectivity index (χ3v) is 5.47. The first kappa shape index (κ1) is 15.2. The monoisotopic (exact) mass is 318 g/mol. The molecule has 1 aliphatic heterocycles. The van der Waals surface area contributed by atoms with Crippen molar-refractivity contribution in [2.45, 2.75) is 25.3 Å². The van der Waals surface area contributed by atoms with Gasteiger partial charge in [-0.15, -0.1) is 11.3 Å². The molecule has 1 fully saturated rings. The predicted octanol–water partition coefficient (Wildman–Crippen LogP) is 1.84. The van der Waals surface area contributed by atoms with E-state index in [1.807, 2.05) is 30.9 Å². The molecular formula is C16H22N4OS. The van der Waals surface area contributed by atoms with Crippen LogP contribution in [0.4, 0.5) is 0 Å². The fourth-order valence-electron chi connectivity index (χ4n) is 3.03. The van der Waals surface area contributed by atoms with Crippen molar-refractivity contribution >= 4 is 17.2 Å². The van der Waals surface area contributed by atoms with Crippen molar-refractivity contribution in [2.24, 2.45) is 13.0 Å². The van der Waals surface area contributed by atoms with Gasteiger partial charge in [0, 0.05) is 37.1 Å². The maximum absolute atomic E-state index is 12.8. The second kappa shape index (κ2) is 5.85. The Labute approximate surface area is 134 Å². The molecule has 0 saturated carbocycles. The maximum atomic E-state index is 12.8. The highest BCUT2D eigenvalue weighted by atomic mass is 32.1. The first-order valence-corrected chi connectivity index (χ1v) is 8.40. The average molecular weight is 318 g/mol. The van der Waals surface area contributed by atoms with Crippen LogP contribution in [0.3, 0.4) is 0 Å². The molecule has 1 amide bonds. The van der Waals surface area contributed by atoms with Crippen LogP contribution in [0.2, 0.25) is 0 Å². The number of thiophene rings is 1. The third kappa shape index (κ3) is 2.94. The van der Waals surface area contributed by atoms with Gasteiger partial charge in [0.15, 0.2) is 0 Å². The lowest BCUT2D eigenvalue weighted by Gasteiger charge is -2.28. The summed E-state index contributed by atoms with van der Waals surface area (Å²) in [6.45, 7) is 5.64. The Balaban J connectivity index is 1.74. The number of hydrogen-bond donors (Lipinski definition) is 2. The predicted molar refractivity (Wildman–Crippen MR) is 87.8 cm³/mol. The van der Waals surface area contributed by atoms with Crippen LogP contribution >= 0.6 is 11.3 Å². The molecule has 0 aromatic carbocycles. The molecule has 0 spiro atoms. The molecule has 2 aromatic heterocycles. The van der Waals surface area contributed by atoms with Crippen LogP contribution in [-0.4, -0.2) is 28.8 Å². The Kier molecular flexibility index (Phi) is 4.06. The number of amides is 1. The SMILES string of the molecule is Cn1cc([C@H]2CNC[C@@H]2C(=O)NC(C)(C)c2cccs2)cn1. The molecule has 2 aromatic rings. The molecule has 0 bridgehead atoms. The van der Waals surface area contributed by atoms with Gasteiger partial charge in [0.25, 0.3) is 0 Å². The second-order valence-corrected chi connectivity index (χ2v) is 7.36. The highest BCUT2D eigenvalue weighted by Crippen LogP contribution is 2.30. The molecule has 6 heteroatoms. The molecule has 2 atom stereocenters. The van der Waals surface area contributed by atoms with E-state index in [0.29, 0.717) is 6.54 Å². The summed E-state index contributed by atoms with van der Waals surface area (Å²) < 4.78 is 1.79. The number of hydrogen-bond acceptors (Lipinski definition) is 4. The minimum Gasteiger partial charge on any atom is -0.346 e. The zero-order valence-corrected chi connectivity index (χ0v) is 14.0. The molecule has 1 aliphatic rings. The van der Waals surface area contributed by atoms with Gasteiger partial charge in [-0.3, -0.25) is 9.48 Å². The maximum Gasteiger partial charge on any atom is 0.225 e. The summed E-state index contributed by atoms with van der Waals surface area (Å²) in [5, 5.41) is 12.8. The summed E-state index contributed by atoms with van der Waals surface area (Å²) in [6, 6.07) is 4.08. The molecule has 3 heterocycles. The Morgan fingerprint density at radius 3 is 2.95 bits per heavy atom. The molecular weight excluding hydrogens is 296 g/mol. The van der Waals surface area contributed by atoms with Gasteiger partial charge in [0.2, 0.25) is 5.91 Å². The minimum atomic E-state index is -0.340. The van der Waals surface area contributed by atoms with Crippen LogP contribution in [0.15, 0.2) is 29.9 Å². The lowest BCUT2D eigenvalue weighted by Crippen LogP contribution is -2.45. The third-order valence-electron chi connectivity index (χ3n) is 4.28. The smallest absolute Gasteiger partial charge is 0.225 e. The minimum absolute atomic E-state index is 0.0524. The van der Waals surface area contributed by atoms with Crippen LogP contribution in [0.1, 0.15) is 30.2 Å². The zero-order valence-electron chi connectivity index (χ0n) is 13.2. The summed E-state index contributed by atoms with van der Waals surface area (Å²) in [5.41, 5.74) is 0.787. The van der Waals surface area contributed by atoms with Crippen LogP contribution in [0, 0.1) is 5.92 Å². The number of carbonyl (C=O) groups is 1. The van der Waals surface area contributed by atoms with Crippen molar-refractivity contribution in [1.82, 2.24) is 20.4 Å². The Hall–Kier alpha value is -1.66. The van der Waals surface area contributed by atoms with Gasteiger partial charge >= 0.3 is 0 Å². The van der Waals surface area contributed by atoms with E-state index in [0.717, 1.165) is 12.1 Å². The van der Waals surface area contributed by atoms with E-state index >= 15 is 0 Å². The standard InChI is InChI=1S/C16H22N4OS/c1-16(2,14-5-4-6-22-14)19-15(21)13-9-17-8-12(13)11-7-18-20(3)10-11/h4-7,10,12-13,17H,8-9H2,1-3H3,(H,19,21)/t12-,13+/m1/s1. The number of aryl methyl sites for hydroxylation is 1. The first-order chi connectivity index (χ1) is 10.5. The first-order valence-electron chi connectivity index (χ1n) is 7.52. The Morgan fingerprint density at radius 2 is 2.32 bits per heavy atom. The van der Waals surface area contributed by atoms with Gasteiger partial charge in [-0.2, -0.15) is 5.10 Å². The highest BCUT2D eigenvalue weighted by Gasteiger charge is 2.37. The van der Waals surface area contributed by atoms with Crippen molar-refractivity contribution in [3.05, 3.63) is 40.3 Å². The molecule has 0 unspecified atom stereocenters. The van der Waals surface area contributed by atoms with Gasteiger partial charge in [-0.05, 0) is 30.9 Å². The van der Waals surface area contributed by atoms with Crippen LogP contribution in [0.25, 0.3) is 0 Å². The molecule has 22 heavy (non-hydrogen) atoms. The van der Waals surface area contributed by atoms with E-state index in [1.54, 1.807) is 16.0 Å². The quantitative estimate of drug-likeness (QED) is 0.904. The van der Waals surface area contributed by atoms with Crippen LogP contribution < -0.4 is 10.6 Å². The molecule has 3 rings (SSSR count). The van der Waals surface area contributed by atoms with Gasteiger partial charge in [-0.25, -0.2) is 0 Å². The molecule has 2 N–H and O–H groups in total. The van der Waals surface area contributed by atoms with Crippen molar-refractivity contribution in [2.75, 3.05) is 13.1 Å². The van der Waals surface area contributed by atoms with Crippen LogP contribution in [0.5, 0.6) is 0 Å². The molecule has 0 aliphatic carbocycles. The Bertz CT molecular complexity index is 647. The van der Waals surface area contributed by atoms with Gasteiger partial charge < -0.3 is 10.6 Å². The summed E-state index contributed by atoms with van der Waals surface area (Å²) in [5.74, 6) is 0.244. The summed E-state index contributed by atoms with van der Waals surface area (Å²) in [4.78, 5) is 13.9. The van der Waals surface area contributed by atoms with E-state index in [1.165, 1.54) is 4.88 Å². The van der Waals surface area contributed by atoms with E-state index in [4.69, 9.17) is 0 Å². The van der Waals surface area contributed by atoms with Crippen molar-refractivity contribution in [3.63, 3.8) is 0 Å². The largest absolute Gasteiger partial charge is 0.346 e. The highest BCUT2D eigenvalue weighted by molar-refractivity contribution is 7.10. The van der Waals surface area contributed by atoms with Crippen molar-refractivity contribution < 1.29 is 4.79 Å². The van der Waals surface area contributed by atoms with E-state index in [2.05, 4.69) is 35.6 Å². The lowest BCUT2D eigenvalue weighted by atomic mass is 9.89. The molecule has 118 valence electrons. The lowest BCUT2D eigenvalue weighted by molar-refractivity contribution is -0.126. The number of nitrogens with one attached hydrogen (secondary N) is 2. The van der Waals surface area contributed by atoms with E-state index < -0.39 is 0 Å². The summed E-state index contributed by atoms with van der Waals surface area (Å²) in [7, 11) is 1.90. The van der Waals surface area contributed by atoms with Crippen LogP contribution in [-0.2, 0) is 17.4 Å². The number of carbonyl (C=O) groups excluding carboxylic acids is 1. The normalized spacial score (nSPS) is 22.0. The van der Waals surface area contributed by atoms with E-state index in [9.17, 15) is 4.79 Å². The van der Waals surface area contributed by atoms with Crippen molar-refractivity contribution in [1.29, 1.82) is 0 Å². The van der Waals surface area contributed by atoms with E-state index in [-0.39, 0.29) is 23.3 Å². The molecule has 5 nitrogen and oxygen atoms in total. The fraction of sp³-hybridized carbons (Fsp3) is 0.500. The van der Waals surface area contributed by atoms with Crippen molar-refractivity contribution in [3.8, 4) is 0 Å². The van der Waals surface area contributed by atoms with Gasteiger partial charge in [0.1, 0.15) is 0 Å². The number of aromatic nitrogens is 2. The van der Waals surface area contributed by atoms with Gasteiger partial charge in [0.05, 0.1) is 17.7 Å².